The van der Waals surface area contributed by atoms with Crippen LogP contribution in [0.2, 0.25) is 0 Å². The quantitative estimate of drug-likeness (QED) is 0.0574. The van der Waals surface area contributed by atoms with Crippen molar-refractivity contribution in [1.82, 2.24) is 0 Å². The zero-order chi connectivity index (χ0) is 47.5. The molecule has 0 radical (unpaired) electrons. The van der Waals surface area contributed by atoms with Crippen LogP contribution in [0.1, 0.15) is 0 Å². The van der Waals surface area contributed by atoms with Gasteiger partial charge in [0.15, 0.2) is 5.75 Å². The number of benzene rings is 8. The molecule has 0 fully saturated rings. The van der Waals surface area contributed by atoms with Gasteiger partial charge in [-0.3, -0.25) is 0 Å². The van der Waals surface area contributed by atoms with Crippen molar-refractivity contribution in [1.29, 1.82) is 0 Å². The third-order valence-electron chi connectivity index (χ3n) is 9.86. The van der Waals surface area contributed by atoms with Crippen LogP contribution in [-0.2, 0) is 40.5 Å². The largest absolute Gasteiger partial charge is 1.00 e. The molecular formula is C41H24N6Na4O15S4. The number of phenolic OH excluding ortho intramolecular Hbond substituents is 2. The minimum atomic E-state index is -5.33. The molecule has 336 valence electrons. The van der Waals surface area contributed by atoms with E-state index in [1.165, 1.54) is 84.9 Å². The molecule has 70 heavy (non-hydrogen) atoms. The van der Waals surface area contributed by atoms with Crippen molar-refractivity contribution < 1.29 is 185 Å². The molecule has 21 nitrogen and oxygen atoms in total. The molecule has 0 atom stereocenters. The van der Waals surface area contributed by atoms with Crippen LogP contribution in [0.15, 0.2) is 161 Å². The van der Waals surface area contributed by atoms with Crippen molar-refractivity contribution >= 4 is 124 Å². The Balaban J connectivity index is 0.00000266. The summed E-state index contributed by atoms with van der Waals surface area (Å²) in [5.41, 5.74) is -1.20. The summed E-state index contributed by atoms with van der Waals surface area (Å²) < 4.78 is 145. The van der Waals surface area contributed by atoms with Crippen molar-refractivity contribution in [3.63, 3.8) is 0 Å². The van der Waals surface area contributed by atoms with Crippen LogP contribution in [0, 0.1) is 0 Å². The van der Waals surface area contributed by atoms with Gasteiger partial charge in [0.1, 0.15) is 57.6 Å². The fourth-order valence-electron chi connectivity index (χ4n) is 7.05. The summed E-state index contributed by atoms with van der Waals surface area (Å²) in [6, 6.07) is 23.8. The molecule has 0 aliphatic heterocycles. The number of hydrogen-bond donors (Lipinski definition) is 4. The molecule has 0 bridgehead atoms. The molecule has 0 aliphatic carbocycles. The summed E-state index contributed by atoms with van der Waals surface area (Å²) in [6.07, 6.45) is 0. The molecule has 8 aromatic carbocycles. The SMILES string of the molecule is O=C(Nc1ccc2c(O)c(N=Nc3ccc4c(S(=O)(=O)[O-])cccc4c3)c(S(=O)(=O)[O-])cc2c1)Nc1ccc2c(S(=O)(=O)[O-])c(N=Nc3ccc4c(S(=O)(=O)[O-])cccc4c3)cc(O)c2c1.[Na+].[Na+].[Na+].[Na+]. The second-order valence-electron chi connectivity index (χ2n) is 14.1. The van der Waals surface area contributed by atoms with Gasteiger partial charge in [0.05, 0.1) is 31.0 Å². The summed E-state index contributed by atoms with van der Waals surface area (Å²) in [4.78, 5) is 10.3. The molecule has 8 rings (SSSR count). The van der Waals surface area contributed by atoms with E-state index in [4.69, 9.17) is 0 Å². The maximum Gasteiger partial charge on any atom is 1.00 e. The fourth-order valence-corrected chi connectivity index (χ4v) is 9.90. The third-order valence-corrected chi connectivity index (χ3v) is 13.4. The first-order valence-corrected chi connectivity index (χ1v) is 24.0. The Morgan fingerprint density at radius 2 is 0.914 bits per heavy atom. The number of amides is 2. The predicted molar refractivity (Wildman–Crippen MR) is 232 cm³/mol. The molecule has 29 heteroatoms. The van der Waals surface area contributed by atoms with Gasteiger partial charge in [-0.1, -0.05) is 42.5 Å². The van der Waals surface area contributed by atoms with Gasteiger partial charge in [-0.25, -0.2) is 38.5 Å². The molecular weight excluding hydrogens is 1040 g/mol. The predicted octanol–water partition coefficient (Wildman–Crippen LogP) is -4.18. The number of nitrogens with one attached hydrogen (secondary N) is 2. The zero-order valence-electron chi connectivity index (χ0n) is 36.7. The summed E-state index contributed by atoms with van der Waals surface area (Å²) in [5.74, 6) is -1.35. The number of phenols is 2. The molecule has 0 aliphatic rings. The van der Waals surface area contributed by atoms with Crippen LogP contribution in [0.25, 0.3) is 43.1 Å². The van der Waals surface area contributed by atoms with Gasteiger partial charge in [-0.05, 0) is 99.7 Å². The second kappa shape index (κ2) is 22.7. The van der Waals surface area contributed by atoms with Crippen LogP contribution in [-0.4, -0.2) is 68.1 Å². The topological polar surface area (TPSA) is 360 Å². The third kappa shape index (κ3) is 12.8. The number of hydrogen-bond acceptors (Lipinski definition) is 19. The van der Waals surface area contributed by atoms with Gasteiger partial charge in [0.2, 0.25) is 0 Å². The first-order valence-electron chi connectivity index (χ1n) is 18.4. The van der Waals surface area contributed by atoms with E-state index in [2.05, 4.69) is 31.1 Å². The minimum Gasteiger partial charge on any atom is -0.744 e. The monoisotopic (exact) mass is 1060 g/mol. The number of urea groups is 1. The Bertz CT molecular complexity index is 3960. The van der Waals surface area contributed by atoms with Crippen molar-refractivity contribution in [2.45, 2.75) is 19.6 Å². The zero-order valence-corrected chi connectivity index (χ0v) is 47.9. The second-order valence-corrected chi connectivity index (χ2v) is 19.5. The average Bonchev–Trinajstić information content (AvgIpc) is 3.23. The van der Waals surface area contributed by atoms with Crippen molar-refractivity contribution in [3.8, 4) is 11.5 Å². The van der Waals surface area contributed by atoms with E-state index in [1.54, 1.807) is 0 Å². The van der Waals surface area contributed by atoms with Gasteiger partial charge in [-0.2, -0.15) is 10.2 Å². The van der Waals surface area contributed by atoms with Crippen LogP contribution >= 0.6 is 0 Å². The smallest absolute Gasteiger partial charge is 0.744 e. The number of nitrogens with zero attached hydrogens (tertiary/aromatic N) is 4. The van der Waals surface area contributed by atoms with Crippen molar-refractivity contribution in [2.75, 3.05) is 10.6 Å². The number of carbonyl (C=O) groups is 1. The van der Waals surface area contributed by atoms with Crippen LogP contribution < -0.4 is 129 Å². The number of anilines is 2. The van der Waals surface area contributed by atoms with Crippen LogP contribution in [0.3, 0.4) is 0 Å². The molecule has 0 saturated heterocycles. The van der Waals surface area contributed by atoms with E-state index < -0.39 is 89.0 Å². The van der Waals surface area contributed by atoms with Crippen LogP contribution in [0.4, 0.5) is 38.9 Å². The first-order chi connectivity index (χ1) is 31.0. The van der Waals surface area contributed by atoms with E-state index in [9.17, 15) is 66.9 Å². The molecule has 8 aromatic rings. The molecule has 4 N–H and O–H groups in total. The molecule has 2 amide bonds. The minimum absolute atomic E-state index is 0. The van der Waals surface area contributed by atoms with E-state index >= 15 is 0 Å². The maximum absolute atomic E-state index is 13.1. The van der Waals surface area contributed by atoms with Gasteiger partial charge in [0, 0.05) is 33.6 Å². The maximum atomic E-state index is 13.1. The average molecular weight is 1060 g/mol. The summed E-state index contributed by atoms with van der Waals surface area (Å²) in [7, 11) is -20.3. The Hall–Kier alpha value is -3.49. The summed E-state index contributed by atoms with van der Waals surface area (Å²) in [6.45, 7) is 0. The first kappa shape index (κ1) is 59.1. The fraction of sp³-hybridized carbons (Fsp3) is 0. The molecule has 0 unspecified atom stereocenters. The Labute approximate surface area is 486 Å². The van der Waals surface area contributed by atoms with Gasteiger partial charge < -0.3 is 39.1 Å². The van der Waals surface area contributed by atoms with Gasteiger partial charge >= 0.3 is 124 Å². The Kier molecular flexibility index (Phi) is 19.2. The summed E-state index contributed by atoms with van der Waals surface area (Å²) >= 11 is 0. The normalized spacial score (nSPS) is 12.1. The van der Waals surface area contributed by atoms with E-state index in [-0.39, 0.29) is 184 Å². The number of azo groups is 2. The number of aromatic hydroxyl groups is 2. The van der Waals surface area contributed by atoms with Gasteiger partial charge in [-0.15, -0.1) is 10.2 Å². The summed E-state index contributed by atoms with van der Waals surface area (Å²) in [5, 5.41) is 42.7. The number of fused-ring (bicyclic) bond motifs is 4. The number of carbonyl (C=O) groups excluding carboxylic acids is 1. The van der Waals surface area contributed by atoms with Gasteiger partial charge in [0.25, 0.3) is 0 Å². The van der Waals surface area contributed by atoms with E-state index in [0.29, 0.717) is 0 Å². The van der Waals surface area contributed by atoms with Crippen molar-refractivity contribution in [2.24, 2.45) is 20.5 Å². The molecule has 0 heterocycles. The Morgan fingerprint density at radius 1 is 0.443 bits per heavy atom. The molecule has 0 aromatic heterocycles. The standard InChI is InChI=1S/C41H28N6O15S4.4Na/c48-34-20-33(46-44-26-9-11-28-21(15-26)3-1-5-35(28)63(51,52)53)40(66(60,61)62)31-14-8-25(19-32(31)34)43-41(50)42-24-7-13-30-23(17-24)18-37(65(57,58)59)38(39(30)49)47-45-27-10-12-29-22(16-27)4-2-6-36(29)64(54,55)56;;;;/h1-20,48-49H,(H2,42,43,50)(H,51,52,53)(H,54,55,56)(H,57,58,59)(H,60,61,62);;;;/q;4*+1/p-4. The van der Waals surface area contributed by atoms with Crippen molar-refractivity contribution in [3.05, 3.63) is 121 Å². The molecule has 0 spiro atoms. The van der Waals surface area contributed by atoms with E-state index in [1.807, 2.05) is 0 Å². The van der Waals surface area contributed by atoms with E-state index in [0.717, 1.165) is 36.4 Å². The molecule has 0 saturated carbocycles. The van der Waals surface area contributed by atoms with Crippen LogP contribution in [0.5, 0.6) is 11.5 Å². The number of rotatable bonds is 10. The Morgan fingerprint density at radius 3 is 1.41 bits per heavy atom.